The van der Waals surface area contributed by atoms with Gasteiger partial charge >= 0.3 is 14.2 Å². The third-order valence-corrected chi connectivity index (χ3v) is 9.02. The van der Waals surface area contributed by atoms with E-state index >= 15 is 0 Å². The minimum absolute atomic E-state index is 0.0501. The van der Waals surface area contributed by atoms with Crippen LogP contribution in [0.4, 0.5) is 0 Å². The Labute approximate surface area is 309 Å². The van der Waals surface area contributed by atoms with Gasteiger partial charge in [0, 0.05) is 35.8 Å². The molecule has 4 rings (SSSR count). The monoisotopic (exact) mass is 755 g/mol. The highest BCUT2D eigenvalue weighted by Gasteiger charge is 2.33. The Morgan fingerprint density at radius 3 is 2.40 bits per heavy atom. The number of nitrogens with one attached hydrogen (secondary N) is 2. The van der Waals surface area contributed by atoms with Crippen LogP contribution in [0.2, 0.25) is 0 Å². The standard InChI is InChI=1S/C37H47N4O11P/c1-4-7-8-9-31(32(5-2)41(25-42)51-37(45)27-12-10-26(11-13-27)23-40-16-18-48-19-17-40)35(43)38-24-39-36(44)34-15-14-33(50-34)28-20-29(49-6-3)22-30(21-28)52-53(46)47/h10-15,20-22,25,31-32H,4-9,16-19,23-24H2,1-3H3,(H2-,38,39,43,44,46,47)/p+1. The fourth-order valence-corrected chi connectivity index (χ4v) is 6.27. The van der Waals surface area contributed by atoms with E-state index in [1.165, 1.54) is 18.2 Å². The van der Waals surface area contributed by atoms with Gasteiger partial charge < -0.3 is 29.4 Å². The van der Waals surface area contributed by atoms with E-state index in [1.807, 2.05) is 19.1 Å². The second kappa shape index (κ2) is 21.0. The van der Waals surface area contributed by atoms with Gasteiger partial charge in [-0.3, -0.25) is 19.3 Å². The molecule has 0 saturated carbocycles. The molecule has 1 aliphatic heterocycles. The number of amides is 3. The maximum Gasteiger partial charge on any atom is 0.747 e. The lowest BCUT2D eigenvalue weighted by Gasteiger charge is -2.31. The van der Waals surface area contributed by atoms with Gasteiger partial charge in [-0.05, 0) is 61.7 Å². The molecule has 3 atom stereocenters. The Kier molecular flexibility index (Phi) is 16.2. The topological polar surface area (TPSA) is 186 Å². The average molecular weight is 756 g/mol. The smallest absolute Gasteiger partial charge is 0.494 e. The summed E-state index contributed by atoms with van der Waals surface area (Å²) >= 11 is 0. The van der Waals surface area contributed by atoms with Crippen molar-refractivity contribution >= 4 is 32.4 Å². The lowest BCUT2D eigenvalue weighted by atomic mass is 9.90. The molecular weight excluding hydrogens is 707 g/mol. The van der Waals surface area contributed by atoms with Crippen molar-refractivity contribution in [1.82, 2.24) is 20.6 Å². The molecule has 1 fully saturated rings. The van der Waals surface area contributed by atoms with E-state index in [2.05, 4.69) is 15.5 Å². The minimum Gasteiger partial charge on any atom is -0.494 e. The number of hydrogen-bond acceptors (Lipinski definition) is 11. The molecule has 3 unspecified atom stereocenters. The number of hydrogen-bond donors (Lipinski definition) is 3. The Morgan fingerprint density at radius 1 is 1.00 bits per heavy atom. The summed E-state index contributed by atoms with van der Waals surface area (Å²) in [6, 6.07) is 13.8. The van der Waals surface area contributed by atoms with E-state index in [4.69, 9.17) is 23.3 Å². The van der Waals surface area contributed by atoms with Gasteiger partial charge in [0.15, 0.2) is 11.5 Å². The quantitative estimate of drug-likeness (QED) is 0.0424. The van der Waals surface area contributed by atoms with Crippen molar-refractivity contribution in [1.29, 1.82) is 0 Å². The van der Waals surface area contributed by atoms with Gasteiger partial charge in [0.2, 0.25) is 12.3 Å². The normalized spacial score (nSPS) is 14.4. The molecule has 53 heavy (non-hydrogen) atoms. The van der Waals surface area contributed by atoms with Crippen LogP contribution in [-0.4, -0.2) is 84.7 Å². The predicted octanol–water partition coefficient (Wildman–Crippen LogP) is 5.22. The van der Waals surface area contributed by atoms with Crippen LogP contribution in [0.3, 0.4) is 0 Å². The molecular formula is C37H48N4O11P+. The van der Waals surface area contributed by atoms with E-state index in [1.54, 1.807) is 38.1 Å². The fraction of sp³-hybridized carbons (Fsp3) is 0.459. The molecule has 15 nitrogen and oxygen atoms in total. The van der Waals surface area contributed by atoms with E-state index in [-0.39, 0.29) is 29.5 Å². The molecule has 3 N–H and O–H groups in total. The molecule has 16 heteroatoms. The summed E-state index contributed by atoms with van der Waals surface area (Å²) in [6.07, 6.45) is 3.62. The van der Waals surface area contributed by atoms with Gasteiger partial charge in [0.1, 0.15) is 11.5 Å². The predicted molar refractivity (Wildman–Crippen MR) is 194 cm³/mol. The Balaban J connectivity index is 1.37. The number of furan rings is 1. The third kappa shape index (κ3) is 12.4. The number of nitrogens with zero attached hydrogens (tertiary/aromatic N) is 2. The van der Waals surface area contributed by atoms with Crippen molar-refractivity contribution in [3.8, 4) is 22.8 Å². The third-order valence-electron chi connectivity index (χ3n) is 8.66. The molecule has 0 bridgehead atoms. The minimum atomic E-state index is -2.92. The van der Waals surface area contributed by atoms with Gasteiger partial charge in [-0.15, -0.1) is 4.89 Å². The molecule has 0 aliphatic carbocycles. The highest BCUT2D eigenvalue weighted by atomic mass is 31.1. The maximum atomic E-state index is 13.6. The highest BCUT2D eigenvalue weighted by Crippen LogP contribution is 2.34. The molecule has 0 radical (unpaired) electrons. The molecule has 286 valence electrons. The van der Waals surface area contributed by atoms with E-state index in [0.717, 1.165) is 43.1 Å². The molecule has 3 amide bonds. The number of unbranched alkanes of at least 4 members (excludes halogenated alkanes) is 2. The molecule has 0 spiro atoms. The van der Waals surface area contributed by atoms with Crippen LogP contribution < -0.4 is 19.9 Å². The number of carbonyl (C=O) groups is 4. The van der Waals surface area contributed by atoms with Crippen LogP contribution in [0.5, 0.6) is 11.5 Å². The molecule has 3 aromatic rings. The first-order chi connectivity index (χ1) is 25.6. The first kappa shape index (κ1) is 40.9. The van der Waals surface area contributed by atoms with E-state index in [9.17, 15) is 28.6 Å². The zero-order valence-corrected chi connectivity index (χ0v) is 31.2. The fourth-order valence-electron chi connectivity index (χ4n) is 5.99. The highest BCUT2D eigenvalue weighted by molar-refractivity contribution is 7.32. The molecule has 2 heterocycles. The first-order valence-electron chi connectivity index (χ1n) is 17.8. The summed E-state index contributed by atoms with van der Waals surface area (Å²) in [7, 11) is -2.92. The van der Waals surface area contributed by atoms with Crippen molar-refractivity contribution in [2.45, 2.75) is 65.5 Å². The van der Waals surface area contributed by atoms with E-state index < -0.39 is 38.0 Å². The van der Waals surface area contributed by atoms with Crippen molar-refractivity contribution in [3.63, 3.8) is 0 Å². The molecule has 2 aromatic carbocycles. The van der Waals surface area contributed by atoms with Gasteiger partial charge in [-0.25, -0.2) is 9.32 Å². The molecule has 1 aliphatic rings. The number of rotatable bonds is 21. The van der Waals surface area contributed by atoms with Crippen LogP contribution in [0.15, 0.2) is 59.0 Å². The largest absolute Gasteiger partial charge is 0.747 e. The second-order valence-electron chi connectivity index (χ2n) is 12.4. The summed E-state index contributed by atoms with van der Waals surface area (Å²) in [6.45, 7) is 9.49. The summed E-state index contributed by atoms with van der Waals surface area (Å²) < 4.78 is 32.8. The number of hydroxylamine groups is 2. The number of morpholine rings is 1. The summed E-state index contributed by atoms with van der Waals surface area (Å²) in [5.41, 5.74) is 1.74. The summed E-state index contributed by atoms with van der Waals surface area (Å²) in [4.78, 5) is 68.9. The van der Waals surface area contributed by atoms with Crippen molar-refractivity contribution in [2.75, 3.05) is 39.6 Å². The number of ether oxygens (including phenoxy) is 2. The number of benzene rings is 2. The zero-order valence-electron chi connectivity index (χ0n) is 30.3. The van der Waals surface area contributed by atoms with Crippen molar-refractivity contribution < 1.29 is 51.9 Å². The van der Waals surface area contributed by atoms with Crippen LogP contribution in [0.25, 0.3) is 11.3 Å². The van der Waals surface area contributed by atoms with Gasteiger partial charge in [0.05, 0.1) is 44.0 Å². The zero-order chi connectivity index (χ0) is 38.2. The lowest BCUT2D eigenvalue weighted by Crippen LogP contribution is -2.49. The molecule has 1 saturated heterocycles. The van der Waals surface area contributed by atoms with Crippen LogP contribution in [0, 0.1) is 5.92 Å². The summed E-state index contributed by atoms with van der Waals surface area (Å²) in [5.74, 6) is -1.82. The SMILES string of the molecule is CCCCCC(C(=O)NCNC(=O)c1ccc(-c2cc(OCC)cc(O[P+](=O)O)c2)o1)C(CC)N(C=O)OC(=O)c1ccc(CN2CCOCC2)cc1. The second-order valence-corrected chi connectivity index (χ2v) is 13.0. The first-order valence-corrected chi connectivity index (χ1v) is 18.9. The number of carbonyl (C=O) groups excluding carboxylic acids is 4. The van der Waals surface area contributed by atoms with Crippen LogP contribution in [-0.2, 0) is 30.3 Å². The lowest BCUT2D eigenvalue weighted by molar-refractivity contribution is -0.171. The maximum absolute atomic E-state index is 13.6. The van der Waals surface area contributed by atoms with E-state index in [0.29, 0.717) is 56.8 Å². The Hall–Kier alpha value is -4.82. The van der Waals surface area contributed by atoms with Crippen LogP contribution in [0.1, 0.15) is 79.4 Å². The Bertz CT molecular complexity index is 1680. The van der Waals surface area contributed by atoms with Crippen LogP contribution >= 0.6 is 8.25 Å². The molecule has 1 aromatic heterocycles. The average Bonchev–Trinajstić information content (AvgIpc) is 3.65. The van der Waals surface area contributed by atoms with Gasteiger partial charge in [-0.2, -0.15) is 5.06 Å². The summed E-state index contributed by atoms with van der Waals surface area (Å²) in [5, 5.41) is 6.24. The van der Waals surface area contributed by atoms with Gasteiger partial charge in [-0.1, -0.05) is 45.2 Å². The van der Waals surface area contributed by atoms with Gasteiger partial charge in [0.25, 0.3) is 5.91 Å². The van der Waals surface area contributed by atoms with Crippen molar-refractivity contribution in [2.24, 2.45) is 5.92 Å². The Morgan fingerprint density at radius 2 is 1.74 bits per heavy atom. The van der Waals surface area contributed by atoms with Crippen molar-refractivity contribution in [3.05, 3.63) is 71.5 Å².